The minimum absolute atomic E-state index is 0.192. The van der Waals surface area contributed by atoms with Crippen LogP contribution in [-0.2, 0) is 10.4 Å². The van der Waals surface area contributed by atoms with Crippen molar-refractivity contribution in [3.8, 4) is 0 Å². The van der Waals surface area contributed by atoms with Gasteiger partial charge in [0.1, 0.15) is 0 Å². The molecule has 0 bridgehead atoms. The van der Waals surface area contributed by atoms with Crippen molar-refractivity contribution >= 4 is 17.4 Å². The van der Waals surface area contributed by atoms with E-state index in [1.54, 1.807) is 24.3 Å². The van der Waals surface area contributed by atoms with Crippen LogP contribution in [0.1, 0.15) is 47.1 Å². The number of ketones is 1. The molecule has 0 saturated heterocycles. The summed E-state index contributed by atoms with van der Waals surface area (Å²) in [6.45, 7) is 12.1. The maximum absolute atomic E-state index is 12.7. The second-order valence-corrected chi connectivity index (χ2v) is 8.23. The summed E-state index contributed by atoms with van der Waals surface area (Å²) < 4.78 is 0. The molecule has 0 saturated carbocycles. The minimum atomic E-state index is -1.52. The number of Topliss-reactive ketones (excluding diaryl/α,β-unsaturated/α-hetero) is 1. The molecular weight excluding hydrogens is 284 g/mol. The molecule has 0 amide bonds. The summed E-state index contributed by atoms with van der Waals surface area (Å²) in [4.78, 5) is 12.7. The predicted octanol–water partition coefficient (Wildman–Crippen LogP) is 4.50. The lowest BCUT2D eigenvalue weighted by atomic mass is 9.55. The van der Waals surface area contributed by atoms with Crippen molar-refractivity contribution in [3.05, 3.63) is 46.0 Å². The molecule has 1 aromatic carbocycles. The number of benzene rings is 1. The summed E-state index contributed by atoms with van der Waals surface area (Å²) in [5.74, 6) is -0.192. The first kappa shape index (κ1) is 16.3. The Kier molecular flexibility index (Phi) is 3.63. The molecule has 0 aliphatic heterocycles. The summed E-state index contributed by atoms with van der Waals surface area (Å²) in [6, 6.07) is 6.87. The van der Waals surface area contributed by atoms with Crippen molar-refractivity contribution in [3.63, 3.8) is 0 Å². The zero-order valence-corrected chi connectivity index (χ0v) is 14.3. The van der Waals surface area contributed by atoms with Gasteiger partial charge in [0.25, 0.3) is 0 Å². The number of carbonyl (C=O) groups excluding carboxylic acids is 1. The maximum Gasteiger partial charge on any atom is 0.199 e. The normalized spacial score (nSPS) is 23.3. The van der Waals surface area contributed by atoms with Gasteiger partial charge in [-0.1, -0.05) is 65.3 Å². The van der Waals surface area contributed by atoms with E-state index in [1.807, 2.05) is 41.5 Å². The molecule has 0 aromatic heterocycles. The SMILES string of the molecule is CC(C)(C)C1=C(C(C)(C)C)C(O)(c2ccc(Cl)cc2)C1=O. The molecule has 1 aliphatic carbocycles. The second-order valence-electron chi connectivity index (χ2n) is 7.80. The first-order valence-electron chi connectivity index (χ1n) is 7.19. The number of halogens is 1. The van der Waals surface area contributed by atoms with Crippen LogP contribution in [0.4, 0.5) is 0 Å². The van der Waals surface area contributed by atoms with Crippen LogP contribution in [0.15, 0.2) is 35.4 Å². The Bertz CT molecular complexity index is 612. The van der Waals surface area contributed by atoms with Crippen molar-refractivity contribution in [1.82, 2.24) is 0 Å². The van der Waals surface area contributed by atoms with Gasteiger partial charge in [-0.3, -0.25) is 4.79 Å². The van der Waals surface area contributed by atoms with Gasteiger partial charge >= 0.3 is 0 Å². The fraction of sp³-hybridized carbons (Fsp3) is 0.500. The first-order valence-corrected chi connectivity index (χ1v) is 7.57. The van der Waals surface area contributed by atoms with Crippen LogP contribution in [0.5, 0.6) is 0 Å². The summed E-state index contributed by atoms with van der Waals surface area (Å²) in [6.07, 6.45) is 0. The molecule has 3 heteroatoms. The Labute approximate surface area is 131 Å². The van der Waals surface area contributed by atoms with E-state index in [-0.39, 0.29) is 16.6 Å². The van der Waals surface area contributed by atoms with E-state index in [0.717, 1.165) is 11.1 Å². The van der Waals surface area contributed by atoms with Crippen LogP contribution >= 0.6 is 11.6 Å². The highest BCUT2D eigenvalue weighted by Crippen LogP contribution is 2.56. The molecule has 0 radical (unpaired) electrons. The quantitative estimate of drug-likeness (QED) is 0.829. The van der Waals surface area contributed by atoms with Gasteiger partial charge in [-0.15, -0.1) is 0 Å². The average Bonchev–Trinajstić information content (AvgIpc) is 2.32. The van der Waals surface area contributed by atoms with E-state index in [4.69, 9.17) is 11.6 Å². The van der Waals surface area contributed by atoms with Crippen molar-refractivity contribution in [2.75, 3.05) is 0 Å². The van der Waals surface area contributed by atoms with Crippen LogP contribution in [0.2, 0.25) is 5.02 Å². The van der Waals surface area contributed by atoms with E-state index in [1.165, 1.54) is 0 Å². The van der Waals surface area contributed by atoms with Crippen molar-refractivity contribution in [2.24, 2.45) is 10.8 Å². The highest BCUT2D eigenvalue weighted by atomic mass is 35.5. The molecule has 2 nitrogen and oxygen atoms in total. The van der Waals surface area contributed by atoms with Crippen LogP contribution in [0.3, 0.4) is 0 Å². The third-order valence-electron chi connectivity index (χ3n) is 3.93. The molecule has 1 unspecified atom stereocenters. The molecule has 1 atom stereocenters. The van der Waals surface area contributed by atoms with Gasteiger partial charge in [-0.05, 0) is 34.1 Å². The van der Waals surface area contributed by atoms with Crippen LogP contribution in [0.25, 0.3) is 0 Å². The maximum atomic E-state index is 12.7. The van der Waals surface area contributed by atoms with E-state index in [2.05, 4.69) is 0 Å². The molecule has 21 heavy (non-hydrogen) atoms. The van der Waals surface area contributed by atoms with Gasteiger partial charge in [0.05, 0.1) is 0 Å². The molecule has 1 N–H and O–H groups in total. The van der Waals surface area contributed by atoms with E-state index in [0.29, 0.717) is 10.6 Å². The summed E-state index contributed by atoms with van der Waals surface area (Å²) in [7, 11) is 0. The largest absolute Gasteiger partial charge is 0.373 e. The van der Waals surface area contributed by atoms with Crippen molar-refractivity contribution in [2.45, 2.75) is 47.1 Å². The number of aliphatic hydroxyl groups is 1. The third-order valence-corrected chi connectivity index (χ3v) is 4.18. The molecular formula is C18H23ClO2. The van der Waals surface area contributed by atoms with Gasteiger partial charge in [-0.25, -0.2) is 0 Å². The number of hydrogen-bond donors (Lipinski definition) is 1. The number of carbonyl (C=O) groups is 1. The van der Waals surface area contributed by atoms with Gasteiger partial charge in [0.2, 0.25) is 0 Å². The average molecular weight is 307 g/mol. The molecule has 2 rings (SSSR count). The molecule has 1 aromatic rings. The van der Waals surface area contributed by atoms with Gasteiger partial charge in [0, 0.05) is 10.6 Å². The topological polar surface area (TPSA) is 37.3 Å². The zero-order chi connectivity index (χ0) is 16.2. The summed E-state index contributed by atoms with van der Waals surface area (Å²) >= 11 is 5.91. The minimum Gasteiger partial charge on any atom is -0.373 e. The van der Waals surface area contributed by atoms with Crippen molar-refractivity contribution in [1.29, 1.82) is 0 Å². The summed E-state index contributed by atoms with van der Waals surface area (Å²) in [5, 5.41) is 11.7. The van der Waals surface area contributed by atoms with Crippen molar-refractivity contribution < 1.29 is 9.90 Å². The van der Waals surface area contributed by atoms with Gasteiger partial charge in [-0.2, -0.15) is 0 Å². The van der Waals surface area contributed by atoms with E-state index < -0.39 is 5.60 Å². The lowest BCUT2D eigenvalue weighted by Crippen LogP contribution is -2.55. The Morgan fingerprint density at radius 3 is 1.81 bits per heavy atom. The third kappa shape index (κ3) is 2.45. The first-order chi connectivity index (χ1) is 9.40. The zero-order valence-electron chi connectivity index (χ0n) is 13.5. The second kappa shape index (κ2) is 4.69. The molecule has 0 fully saturated rings. The van der Waals surface area contributed by atoms with Crippen LogP contribution in [-0.4, -0.2) is 10.9 Å². The lowest BCUT2D eigenvalue weighted by Gasteiger charge is -2.50. The Hall–Kier alpha value is -1.12. The fourth-order valence-corrected chi connectivity index (χ4v) is 3.25. The Morgan fingerprint density at radius 1 is 0.952 bits per heavy atom. The predicted molar refractivity (Wildman–Crippen MR) is 86.3 cm³/mol. The van der Waals surface area contributed by atoms with Gasteiger partial charge in [0.15, 0.2) is 11.4 Å². The molecule has 0 spiro atoms. The highest BCUT2D eigenvalue weighted by Gasteiger charge is 2.59. The van der Waals surface area contributed by atoms with E-state index in [9.17, 15) is 9.90 Å². The van der Waals surface area contributed by atoms with E-state index >= 15 is 0 Å². The monoisotopic (exact) mass is 306 g/mol. The number of rotatable bonds is 1. The smallest absolute Gasteiger partial charge is 0.199 e. The fourth-order valence-electron chi connectivity index (χ4n) is 3.13. The van der Waals surface area contributed by atoms with Gasteiger partial charge < -0.3 is 5.11 Å². The molecule has 0 heterocycles. The Morgan fingerprint density at radius 2 is 1.43 bits per heavy atom. The molecule has 1 aliphatic rings. The van der Waals surface area contributed by atoms with Crippen LogP contribution in [0, 0.1) is 10.8 Å². The number of hydrogen-bond acceptors (Lipinski definition) is 2. The highest BCUT2D eigenvalue weighted by molar-refractivity contribution is 6.30. The lowest BCUT2D eigenvalue weighted by molar-refractivity contribution is -0.138. The summed E-state index contributed by atoms with van der Waals surface area (Å²) in [5.41, 5.74) is 0.0615. The van der Waals surface area contributed by atoms with Crippen LogP contribution < -0.4 is 0 Å². The Balaban J connectivity index is 2.68. The standard InChI is InChI=1S/C18H23ClO2/c1-16(2,3)13-14(17(4,5)6)18(21,15(13)20)11-7-9-12(19)10-8-11/h7-10,21H,1-6H3. The molecule has 114 valence electrons.